The van der Waals surface area contributed by atoms with Gasteiger partial charge in [0.05, 0.1) is 11.4 Å². The number of hydrogen-bond donors (Lipinski definition) is 2. The molecular formula is C12H18N2O2. The molecule has 0 atom stereocenters. The number of carbonyl (C=O) groups excluding carboxylic acids is 1. The molecule has 0 radical (unpaired) electrons. The van der Waals surface area contributed by atoms with Crippen LogP contribution in [0.5, 0.6) is 0 Å². The summed E-state index contributed by atoms with van der Waals surface area (Å²) in [7, 11) is 0. The van der Waals surface area contributed by atoms with Gasteiger partial charge in [0.1, 0.15) is 5.60 Å². The van der Waals surface area contributed by atoms with Crippen molar-refractivity contribution in [2.75, 3.05) is 11.1 Å². The number of nitrogen functional groups attached to an aromatic ring is 1. The summed E-state index contributed by atoms with van der Waals surface area (Å²) in [6.45, 7) is 7.32. The van der Waals surface area contributed by atoms with Gasteiger partial charge in [-0.2, -0.15) is 0 Å². The molecule has 1 aromatic carbocycles. The number of para-hydroxylation sites is 1. The summed E-state index contributed by atoms with van der Waals surface area (Å²) >= 11 is 0. The molecule has 3 N–H and O–H groups in total. The minimum absolute atomic E-state index is 0.492. The van der Waals surface area contributed by atoms with Crippen molar-refractivity contribution in [1.29, 1.82) is 0 Å². The molecule has 4 heteroatoms. The smallest absolute Gasteiger partial charge is 0.412 e. The quantitative estimate of drug-likeness (QED) is 0.718. The van der Waals surface area contributed by atoms with Gasteiger partial charge in [-0.05, 0) is 39.3 Å². The third-order valence-electron chi connectivity index (χ3n) is 1.93. The largest absolute Gasteiger partial charge is 0.444 e. The normalized spacial score (nSPS) is 11.0. The predicted molar refractivity (Wildman–Crippen MR) is 65.4 cm³/mol. The lowest BCUT2D eigenvalue weighted by atomic mass is 10.1. The van der Waals surface area contributed by atoms with Crippen LogP contribution >= 0.6 is 0 Å². The van der Waals surface area contributed by atoms with E-state index >= 15 is 0 Å². The third kappa shape index (κ3) is 3.46. The summed E-state index contributed by atoms with van der Waals surface area (Å²) in [6, 6.07) is 5.45. The fraction of sp³-hybridized carbons (Fsp3) is 0.417. The number of nitrogens with one attached hydrogen (secondary N) is 1. The van der Waals surface area contributed by atoms with Gasteiger partial charge < -0.3 is 10.5 Å². The Kier molecular flexibility index (Phi) is 3.42. The second kappa shape index (κ2) is 4.43. The minimum Gasteiger partial charge on any atom is -0.444 e. The molecule has 0 aromatic heterocycles. The van der Waals surface area contributed by atoms with Crippen molar-refractivity contribution in [2.45, 2.75) is 33.3 Å². The molecule has 4 nitrogen and oxygen atoms in total. The molecule has 1 aromatic rings. The first-order valence-corrected chi connectivity index (χ1v) is 5.15. The first-order chi connectivity index (χ1) is 7.29. The zero-order valence-electron chi connectivity index (χ0n) is 10.1. The second-order valence-electron chi connectivity index (χ2n) is 4.67. The number of benzene rings is 1. The van der Waals surface area contributed by atoms with Crippen LogP contribution in [0.15, 0.2) is 18.2 Å². The number of amides is 1. The van der Waals surface area contributed by atoms with E-state index in [2.05, 4.69) is 5.32 Å². The van der Waals surface area contributed by atoms with Gasteiger partial charge in [-0.25, -0.2) is 4.79 Å². The van der Waals surface area contributed by atoms with Crippen LogP contribution in [0.1, 0.15) is 26.3 Å². The number of hydrogen-bond acceptors (Lipinski definition) is 3. The molecule has 0 fully saturated rings. The van der Waals surface area contributed by atoms with Crippen molar-refractivity contribution in [1.82, 2.24) is 0 Å². The van der Waals surface area contributed by atoms with Crippen LogP contribution in [0.4, 0.5) is 16.2 Å². The van der Waals surface area contributed by atoms with Crippen LogP contribution in [0.25, 0.3) is 0 Å². The number of anilines is 2. The highest BCUT2D eigenvalue weighted by atomic mass is 16.6. The first kappa shape index (κ1) is 12.4. The van der Waals surface area contributed by atoms with E-state index in [9.17, 15) is 4.79 Å². The summed E-state index contributed by atoms with van der Waals surface area (Å²) in [5.74, 6) is 0. The highest BCUT2D eigenvalue weighted by Gasteiger charge is 2.17. The summed E-state index contributed by atoms with van der Waals surface area (Å²) in [4.78, 5) is 11.5. The topological polar surface area (TPSA) is 64.3 Å². The maximum absolute atomic E-state index is 11.5. The van der Waals surface area contributed by atoms with Crippen molar-refractivity contribution >= 4 is 17.5 Å². The highest BCUT2D eigenvalue weighted by Crippen LogP contribution is 2.23. The van der Waals surface area contributed by atoms with E-state index in [1.807, 2.05) is 39.8 Å². The van der Waals surface area contributed by atoms with E-state index in [-0.39, 0.29) is 0 Å². The molecule has 0 spiro atoms. The van der Waals surface area contributed by atoms with Crippen LogP contribution in [0.2, 0.25) is 0 Å². The van der Waals surface area contributed by atoms with Crippen molar-refractivity contribution < 1.29 is 9.53 Å². The second-order valence-corrected chi connectivity index (χ2v) is 4.67. The Labute approximate surface area is 95.8 Å². The summed E-state index contributed by atoms with van der Waals surface area (Å²) < 4.78 is 5.15. The van der Waals surface area contributed by atoms with Crippen LogP contribution in [0.3, 0.4) is 0 Å². The Hall–Kier alpha value is -1.71. The zero-order chi connectivity index (χ0) is 12.3. The monoisotopic (exact) mass is 222 g/mol. The predicted octanol–water partition coefficient (Wildman–Crippen LogP) is 2.92. The maximum atomic E-state index is 11.5. The van der Waals surface area contributed by atoms with Gasteiger partial charge >= 0.3 is 6.09 Å². The standard InChI is InChI=1S/C12H18N2O2/c1-8-6-5-7-9(13)10(8)14-11(15)16-12(2,3)4/h5-7H,13H2,1-4H3,(H,14,15). The molecule has 0 aliphatic rings. The van der Waals surface area contributed by atoms with Crippen LogP contribution in [-0.2, 0) is 4.74 Å². The van der Waals surface area contributed by atoms with E-state index in [0.29, 0.717) is 11.4 Å². The lowest BCUT2D eigenvalue weighted by Crippen LogP contribution is -2.27. The highest BCUT2D eigenvalue weighted by molar-refractivity contribution is 5.90. The Balaban J connectivity index is 2.78. The van der Waals surface area contributed by atoms with E-state index in [1.54, 1.807) is 6.07 Å². The first-order valence-electron chi connectivity index (χ1n) is 5.15. The molecule has 88 valence electrons. The van der Waals surface area contributed by atoms with Gasteiger partial charge in [0.25, 0.3) is 0 Å². The lowest BCUT2D eigenvalue weighted by molar-refractivity contribution is 0.0636. The molecule has 1 rings (SSSR count). The number of nitrogens with two attached hydrogens (primary N) is 1. The zero-order valence-corrected chi connectivity index (χ0v) is 10.1. The molecule has 0 unspecified atom stereocenters. The number of carbonyl (C=O) groups is 1. The van der Waals surface area contributed by atoms with Gasteiger partial charge in [-0.3, -0.25) is 5.32 Å². The van der Waals surface area contributed by atoms with Crippen molar-refractivity contribution in [2.24, 2.45) is 0 Å². The van der Waals surface area contributed by atoms with Crippen molar-refractivity contribution in [3.63, 3.8) is 0 Å². The molecule has 0 bridgehead atoms. The van der Waals surface area contributed by atoms with E-state index < -0.39 is 11.7 Å². The van der Waals surface area contributed by atoms with Crippen LogP contribution < -0.4 is 11.1 Å². The SMILES string of the molecule is Cc1cccc(N)c1NC(=O)OC(C)(C)C. The summed E-state index contributed by atoms with van der Waals surface area (Å²) in [5.41, 5.74) is 7.30. The Morgan fingerprint density at radius 3 is 2.50 bits per heavy atom. The molecule has 0 aliphatic heterocycles. The fourth-order valence-corrected chi connectivity index (χ4v) is 1.27. The Morgan fingerprint density at radius 1 is 1.38 bits per heavy atom. The van der Waals surface area contributed by atoms with E-state index in [1.165, 1.54) is 0 Å². The van der Waals surface area contributed by atoms with Gasteiger partial charge in [-0.15, -0.1) is 0 Å². The molecule has 0 heterocycles. The van der Waals surface area contributed by atoms with Crippen molar-refractivity contribution in [3.05, 3.63) is 23.8 Å². The van der Waals surface area contributed by atoms with Crippen molar-refractivity contribution in [3.8, 4) is 0 Å². The average molecular weight is 222 g/mol. The summed E-state index contributed by atoms with van der Waals surface area (Å²) in [6.07, 6.45) is -0.492. The number of ether oxygens (including phenoxy) is 1. The average Bonchev–Trinajstić information content (AvgIpc) is 2.08. The molecule has 0 saturated carbocycles. The molecule has 0 saturated heterocycles. The fourth-order valence-electron chi connectivity index (χ4n) is 1.27. The third-order valence-corrected chi connectivity index (χ3v) is 1.93. The van der Waals surface area contributed by atoms with E-state index in [0.717, 1.165) is 5.56 Å². The van der Waals surface area contributed by atoms with Gasteiger partial charge in [0.2, 0.25) is 0 Å². The molecule has 16 heavy (non-hydrogen) atoms. The number of aryl methyl sites for hydroxylation is 1. The van der Waals surface area contributed by atoms with Crippen LogP contribution in [0, 0.1) is 6.92 Å². The van der Waals surface area contributed by atoms with Gasteiger partial charge in [0.15, 0.2) is 0 Å². The number of rotatable bonds is 1. The molecule has 0 aliphatic carbocycles. The lowest BCUT2D eigenvalue weighted by Gasteiger charge is -2.20. The van der Waals surface area contributed by atoms with Gasteiger partial charge in [0, 0.05) is 0 Å². The Bertz CT molecular complexity index is 374. The maximum Gasteiger partial charge on any atom is 0.412 e. The van der Waals surface area contributed by atoms with Gasteiger partial charge in [-0.1, -0.05) is 12.1 Å². The Morgan fingerprint density at radius 2 is 2.00 bits per heavy atom. The molecular weight excluding hydrogens is 204 g/mol. The molecule has 1 amide bonds. The van der Waals surface area contributed by atoms with Crippen LogP contribution in [-0.4, -0.2) is 11.7 Å². The van der Waals surface area contributed by atoms with E-state index in [4.69, 9.17) is 10.5 Å². The minimum atomic E-state index is -0.512. The summed E-state index contributed by atoms with van der Waals surface area (Å²) in [5, 5.41) is 2.65.